The first-order chi connectivity index (χ1) is 9.16. The summed E-state index contributed by atoms with van der Waals surface area (Å²) in [4.78, 5) is 10.6. The van der Waals surface area contributed by atoms with E-state index in [1.807, 2.05) is 0 Å². The third-order valence-electron chi connectivity index (χ3n) is 2.82. The number of nitro benzene ring substituents is 1. The molecule has 19 heavy (non-hydrogen) atoms. The van der Waals surface area contributed by atoms with Crippen LogP contribution in [0, 0.1) is 10.1 Å². The molecule has 1 unspecified atom stereocenters. The van der Waals surface area contributed by atoms with Crippen LogP contribution in [0.4, 0.5) is 5.69 Å². The fraction of sp³-hybridized carbons (Fsp3) is 0.500. The quantitative estimate of drug-likeness (QED) is 0.659. The maximum absolute atomic E-state index is 11.0. The molecular weight excluding hydrogens is 316 g/mol. The molecule has 1 saturated heterocycles. The summed E-state index contributed by atoms with van der Waals surface area (Å²) >= 11 is 3.23. The average molecular weight is 331 g/mol. The summed E-state index contributed by atoms with van der Waals surface area (Å²) < 4.78 is 11.5. The number of nitro groups is 1. The molecule has 1 atom stereocenters. The second kappa shape index (κ2) is 6.95. The van der Waals surface area contributed by atoms with Gasteiger partial charge in [0, 0.05) is 29.2 Å². The minimum Gasteiger partial charge on any atom is -0.376 e. The summed E-state index contributed by atoms with van der Waals surface area (Å²) in [5.41, 5.74) is 0.771. The molecular formula is C12H15BrN2O4. The van der Waals surface area contributed by atoms with E-state index in [2.05, 4.69) is 21.2 Å². The van der Waals surface area contributed by atoms with Crippen LogP contribution in [0.25, 0.3) is 0 Å². The molecule has 2 rings (SSSR count). The number of hydrogen-bond donors (Lipinski definition) is 1. The highest BCUT2D eigenvalue weighted by Crippen LogP contribution is 2.23. The van der Waals surface area contributed by atoms with Crippen molar-refractivity contribution in [1.29, 1.82) is 0 Å². The smallest absolute Gasteiger partial charge is 0.275 e. The molecule has 7 heteroatoms. The van der Waals surface area contributed by atoms with Gasteiger partial charge in [0.25, 0.3) is 5.69 Å². The van der Waals surface area contributed by atoms with Crippen molar-refractivity contribution in [2.24, 2.45) is 0 Å². The molecule has 0 radical (unpaired) electrons. The van der Waals surface area contributed by atoms with Gasteiger partial charge < -0.3 is 14.8 Å². The lowest BCUT2D eigenvalue weighted by Gasteiger charge is -2.23. The summed E-state index contributed by atoms with van der Waals surface area (Å²) in [6, 6.07) is 5.05. The third-order valence-corrected chi connectivity index (χ3v) is 3.31. The normalized spacial score (nSPS) is 19.3. The summed E-state index contributed by atoms with van der Waals surface area (Å²) in [5.74, 6) is 0. The largest absolute Gasteiger partial charge is 0.376 e. The van der Waals surface area contributed by atoms with Crippen molar-refractivity contribution in [3.63, 3.8) is 0 Å². The second-order valence-corrected chi connectivity index (χ2v) is 5.14. The van der Waals surface area contributed by atoms with E-state index < -0.39 is 0 Å². The molecule has 1 aliphatic heterocycles. The van der Waals surface area contributed by atoms with Crippen LogP contribution in [0.5, 0.6) is 0 Å². The molecule has 1 aromatic rings. The molecule has 0 bridgehead atoms. The third kappa shape index (κ3) is 4.24. The predicted molar refractivity (Wildman–Crippen MR) is 73.1 cm³/mol. The number of hydrogen-bond acceptors (Lipinski definition) is 5. The molecule has 6 nitrogen and oxygen atoms in total. The Morgan fingerprint density at radius 2 is 2.32 bits per heavy atom. The van der Waals surface area contributed by atoms with Gasteiger partial charge in [-0.05, 0) is 12.1 Å². The van der Waals surface area contributed by atoms with Crippen LogP contribution in [0.15, 0.2) is 22.7 Å². The number of benzene rings is 1. The molecule has 1 fully saturated rings. The van der Waals surface area contributed by atoms with Crippen LogP contribution in [0.2, 0.25) is 0 Å². The molecule has 1 heterocycles. The van der Waals surface area contributed by atoms with Crippen molar-refractivity contribution in [2.45, 2.75) is 12.6 Å². The fourth-order valence-corrected chi connectivity index (χ4v) is 2.23. The molecule has 1 N–H and O–H groups in total. The number of rotatable bonds is 5. The average Bonchev–Trinajstić information content (AvgIpc) is 2.41. The monoisotopic (exact) mass is 330 g/mol. The molecule has 0 aliphatic carbocycles. The van der Waals surface area contributed by atoms with E-state index in [-0.39, 0.29) is 16.7 Å². The van der Waals surface area contributed by atoms with Crippen LogP contribution in [0.3, 0.4) is 0 Å². The van der Waals surface area contributed by atoms with E-state index in [0.717, 1.165) is 0 Å². The first-order valence-electron chi connectivity index (χ1n) is 5.99. The van der Waals surface area contributed by atoms with Gasteiger partial charge in [-0.2, -0.15) is 0 Å². The Bertz CT molecular complexity index is 449. The van der Waals surface area contributed by atoms with Gasteiger partial charge in [0.05, 0.1) is 30.8 Å². The van der Waals surface area contributed by atoms with E-state index in [4.69, 9.17) is 9.47 Å². The van der Waals surface area contributed by atoms with Crippen molar-refractivity contribution in [3.05, 3.63) is 38.3 Å². The van der Waals surface area contributed by atoms with Crippen molar-refractivity contribution >= 4 is 21.6 Å². The Balaban J connectivity index is 1.89. The summed E-state index contributed by atoms with van der Waals surface area (Å²) in [5, 5.41) is 14.1. The fourth-order valence-electron chi connectivity index (χ4n) is 1.88. The first kappa shape index (κ1) is 14.4. The zero-order valence-corrected chi connectivity index (χ0v) is 11.9. The van der Waals surface area contributed by atoms with Gasteiger partial charge in [-0.1, -0.05) is 15.9 Å². The maximum Gasteiger partial charge on any atom is 0.275 e. The molecule has 1 aromatic carbocycles. The molecule has 0 amide bonds. The Kier molecular flexibility index (Phi) is 5.26. The summed E-state index contributed by atoms with van der Waals surface area (Å²) in [6.07, 6.45) is 0.0169. The lowest BCUT2D eigenvalue weighted by atomic mass is 10.2. The van der Waals surface area contributed by atoms with Crippen LogP contribution >= 0.6 is 15.9 Å². The highest BCUT2D eigenvalue weighted by atomic mass is 79.9. The highest BCUT2D eigenvalue weighted by Gasteiger charge is 2.16. The van der Waals surface area contributed by atoms with Gasteiger partial charge in [-0.25, -0.2) is 0 Å². The standard InChI is InChI=1S/C12H15BrN2O4/c13-10-2-1-9(12(5-10)15(16)17)6-14-7-11-8-18-3-4-19-11/h1-2,5,11,14H,3-4,6-8H2. The Hall–Kier alpha value is -1.02. The molecule has 0 aromatic heterocycles. The van der Waals surface area contributed by atoms with Crippen molar-refractivity contribution in [2.75, 3.05) is 26.4 Å². The second-order valence-electron chi connectivity index (χ2n) is 4.23. The summed E-state index contributed by atoms with van der Waals surface area (Å²) in [6.45, 7) is 2.85. The van der Waals surface area contributed by atoms with Crippen LogP contribution in [0.1, 0.15) is 5.56 Å². The predicted octanol–water partition coefficient (Wildman–Crippen LogP) is 1.86. The van der Waals surface area contributed by atoms with E-state index >= 15 is 0 Å². The molecule has 0 saturated carbocycles. The van der Waals surface area contributed by atoms with Crippen molar-refractivity contribution < 1.29 is 14.4 Å². The topological polar surface area (TPSA) is 73.6 Å². The van der Waals surface area contributed by atoms with E-state index in [1.54, 1.807) is 12.1 Å². The molecule has 0 spiro atoms. The first-order valence-corrected chi connectivity index (χ1v) is 6.79. The lowest BCUT2D eigenvalue weighted by molar-refractivity contribution is -0.385. The van der Waals surface area contributed by atoms with E-state index in [0.29, 0.717) is 42.9 Å². The SMILES string of the molecule is O=[N+]([O-])c1cc(Br)ccc1CNCC1COCCO1. The Labute approximate surface area is 119 Å². The highest BCUT2D eigenvalue weighted by molar-refractivity contribution is 9.10. The summed E-state index contributed by atoms with van der Waals surface area (Å²) in [7, 11) is 0. The van der Waals surface area contributed by atoms with Crippen molar-refractivity contribution in [3.8, 4) is 0 Å². The van der Waals surface area contributed by atoms with Gasteiger partial charge in [-0.3, -0.25) is 10.1 Å². The van der Waals surface area contributed by atoms with Gasteiger partial charge in [0.1, 0.15) is 0 Å². The van der Waals surface area contributed by atoms with Crippen LogP contribution in [-0.2, 0) is 16.0 Å². The van der Waals surface area contributed by atoms with Crippen LogP contribution < -0.4 is 5.32 Å². The zero-order chi connectivity index (χ0) is 13.7. The Morgan fingerprint density at radius 1 is 1.47 bits per heavy atom. The Morgan fingerprint density at radius 3 is 3.00 bits per heavy atom. The molecule has 104 valence electrons. The lowest BCUT2D eigenvalue weighted by Crippen LogP contribution is -2.37. The number of halogens is 1. The number of nitrogens with zero attached hydrogens (tertiary/aromatic N) is 1. The van der Waals surface area contributed by atoms with Crippen LogP contribution in [-0.4, -0.2) is 37.4 Å². The van der Waals surface area contributed by atoms with E-state index in [9.17, 15) is 10.1 Å². The molecule has 1 aliphatic rings. The minimum atomic E-state index is -0.373. The maximum atomic E-state index is 11.0. The zero-order valence-electron chi connectivity index (χ0n) is 10.3. The number of ether oxygens (including phenoxy) is 2. The van der Waals surface area contributed by atoms with Crippen molar-refractivity contribution in [1.82, 2.24) is 5.32 Å². The van der Waals surface area contributed by atoms with Gasteiger partial charge in [0.2, 0.25) is 0 Å². The van der Waals surface area contributed by atoms with E-state index in [1.165, 1.54) is 6.07 Å². The van der Waals surface area contributed by atoms with Gasteiger partial charge >= 0.3 is 0 Å². The minimum absolute atomic E-state index is 0.0169. The number of nitrogens with one attached hydrogen (secondary N) is 1. The van der Waals surface area contributed by atoms with Gasteiger partial charge in [-0.15, -0.1) is 0 Å². The van der Waals surface area contributed by atoms with Gasteiger partial charge in [0.15, 0.2) is 0 Å².